The predicted octanol–water partition coefficient (Wildman–Crippen LogP) is 1.87. The van der Waals surface area contributed by atoms with Gasteiger partial charge in [0.2, 0.25) is 0 Å². The molecular formula is C19H21N3O3. The van der Waals surface area contributed by atoms with E-state index in [1.807, 2.05) is 12.1 Å². The Morgan fingerprint density at radius 2 is 2.00 bits per heavy atom. The van der Waals surface area contributed by atoms with Gasteiger partial charge in [0.25, 0.3) is 0 Å². The van der Waals surface area contributed by atoms with Gasteiger partial charge in [-0.25, -0.2) is 9.78 Å². The molecule has 1 aromatic heterocycles. The Labute approximate surface area is 146 Å². The lowest BCUT2D eigenvalue weighted by atomic mass is 10.1. The highest BCUT2D eigenvalue weighted by atomic mass is 16.5. The van der Waals surface area contributed by atoms with Crippen molar-refractivity contribution in [3.8, 4) is 0 Å². The fourth-order valence-electron chi connectivity index (χ4n) is 3.68. The maximum absolute atomic E-state index is 11.2. The van der Waals surface area contributed by atoms with Gasteiger partial charge in [-0.05, 0) is 17.7 Å². The van der Waals surface area contributed by atoms with Gasteiger partial charge in [-0.2, -0.15) is 0 Å². The molecule has 0 radical (unpaired) electrons. The molecule has 0 amide bonds. The van der Waals surface area contributed by atoms with E-state index in [1.165, 1.54) is 11.6 Å². The number of aromatic nitrogens is 1. The second kappa shape index (κ2) is 6.82. The topological polar surface area (TPSA) is 65.9 Å². The van der Waals surface area contributed by atoms with Crippen molar-refractivity contribution in [2.45, 2.75) is 18.7 Å². The van der Waals surface area contributed by atoms with Gasteiger partial charge >= 0.3 is 5.97 Å². The van der Waals surface area contributed by atoms with Gasteiger partial charge in [-0.3, -0.25) is 4.90 Å². The minimum atomic E-state index is -1.000. The van der Waals surface area contributed by atoms with Gasteiger partial charge in [0, 0.05) is 26.2 Å². The van der Waals surface area contributed by atoms with E-state index >= 15 is 0 Å². The first-order valence-corrected chi connectivity index (χ1v) is 8.55. The summed E-state index contributed by atoms with van der Waals surface area (Å²) in [5.41, 5.74) is 1.38. The average Bonchev–Trinajstić information content (AvgIpc) is 3.08. The molecule has 0 spiro atoms. The zero-order chi connectivity index (χ0) is 17.2. The van der Waals surface area contributed by atoms with Gasteiger partial charge in [-0.1, -0.05) is 36.4 Å². The molecule has 0 saturated carbocycles. The molecule has 6 nitrogen and oxygen atoms in total. The molecule has 0 bridgehead atoms. The standard InChI is InChI=1S/C19H21N3O3/c23-19(24)15-7-4-8-18(20-15)22-12-16-17(13-22)25-10-9-21(16)11-14-5-2-1-3-6-14/h1-8,16-17H,9-13H2,(H,23,24)/t16-,17+/m1/s1. The van der Waals surface area contributed by atoms with E-state index in [0.717, 1.165) is 32.8 Å². The Bertz CT molecular complexity index is 753. The number of pyridine rings is 1. The average molecular weight is 339 g/mol. The second-order valence-electron chi connectivity index (χ2n) is 6.52. The lowest BCUT2D eigenvalue weighted by Crippen LogP contribution is -2.50. The molecule has 4 rings (SSSR count). The molecule has 2 saturated heterocycles. The van der Waals surface area contributed by atoms with E-state index in [4.69, 9.17) is 9.84 Å². The number of carboxylic acids is 1. The maximum atomic E-state index is 11.2. The van der Waals surface area contributed by atoms with Crippen molar-refractivity contribution in [1.29, 1.82) is 0 Å². The monoisotopic (exact) mass is 339 g/mol. The summed E-state index contributed by atoms with van der Waals surface area (Å²) in [7, 11) is 0. The molecule has 1 N–H and O–H groups in total. The fraction of sp³-hybridized carbons (Fsp3) is 0.368. The van der Waals surface area contributed by atoms with Crippen LogP contribution >= 0.6 is 0 Å². The summed E-state index contributed by atoms with van der Waals surface area (Å²) in [5, 5.41) is 9.15. The molecule has 3 heterocycles. The van der Waals surface area contributed by atoms with Gasteiger partial charge in [0.05, 0.1) is 18.8 Å². The number of ether oxygens (including phenoxy) is 1. The zero-order valence-corrected chi connectivity index (χ0v) is 13.9. The predicted molar refractivity (Wildman–Crippen MR) is 93.8 cm³/mol. The van der Waals surface area contributed by atoms with Crippen LogP contribution in [0.15, 0.2) is 48.5 Å². The Morgan fingerprint density at radius 3 is 2.80 bits per heavy atom. The van der Waals surface area contributed by atoms with Crippen LogP contribution < -0.4 is 4.90 Å². The molecule has 1 aromatic carbocycles. The summed E-state index contributed by atoms with van der Waals surface area (Å²) in [6.45, 7) is 4.08. The Balaban J connectivity index is 1.51. The molecule has 0 unspecified atom stereocenters. The maximum Gasteiger partial charge on any atom is 0.354 e. The Kier molecular flexibility index (Phi) is 4.38. The lowest BCUT2D eigenvalue weighted by Gasteiger charge is -2.36. The van der Waals surface area contributed by atoms with E-state index in [2.05, 4.69) is 39.0 Å². The number of rotatable bonds is 4. The van der Waals surface area contributed by atoms with Crippen LogP contribution in [0.5, 0.6) is 0 Å². The van der Waals surface area contributed by atoms with Gasteiger partial charge < -0.3 is 14.7 Å². The van der Waals surface area contributed by atoms with Gasteiger partial charge in [0.1, 0.15) is 5.82 Å². The van der Waals surface area contributed by atoms with Crippen LogP contribution in [0.3, 0.4) is 0 Å². The first-order valence-electron chi connectivity index (χ1n) is 8.55. The van der Waals surface area contributed by atoms with E-state index in [9.17, 15) is 4.79 Å². The summed E-state index contributed by atoms with van der Waals surface area (Å²) in [4.78, 5) is 20.0. The molecule has 6 heteroatoms. The van der Waals surface area contributed by atoms with E-state index in [0.29, 0.717) is 11.9 Å². The molecule has 2 fully saturated rings. The number of anilines is 1. The number of nitrogens with zero attached hydrogens (tertiary/aromatic N) is 3. The minimum Gasteiger partial charge on any atom is -0.477 e. The lowest BCUT2D eigenvalue weighted by molar-refractivity contribution is -0.0499. The smallest absolute Gasteiger partial charge is 0.354 e. The second-order valence-corrected chi connectivity index (χ2v) is 6.52. The van der Waals surface area contributed by atoms with Crippen LogP contribution in [0.1, 0.15) is 16.1 Å². The van der Waals surface area contributed by atoms with Crippen molar-refractivity contribution in [3.63, 3.8) is 0 Å². The first-order chi connectivity index (χ1) is 12.2. The van der Waals surface area contributed by atoms with Crippen LogP contribution in [0.25, 0.3) is 0 Å². The highest BCUT2D eigenvalue weighted by molar-refractivity contribution is 5.85. The van der Waals surface area contributed by atoms with E-state index in [-0.39, 0.29) is 11.8 Å². The van der Waals surface area contributed by atoms with Crippen LogP contribution in [0.2, 0.25) is 0 Å². The fourth-order valence-corrected chi connectivity index (χ4v) is 3.68. The van der Waals surface area contributed by atoms with Crippen molar-refractivity contribution in [1.82, 2.24) is 9.88 Å². The summed E-state index contributed by atoms with van der Waals surface area (Å²) < 4.78 is 5.97. The Morgan fingerprint density at radius 1 is 1.16 bits per heavy atom. The number of aromatic carboxylic acids is 1. The zero-order valence-electron chi connectivity index (χ0n) is 13.9. The number of hydrogen-bond acceptors (Lipinski definition) is 5. The quantitative estimate of drug-likeness (QED) is 0.917. The number of benzene rings is 1. The van der Waals surface area contributed by atoms with Crippen LogP contribution in [0.4, 0.5) is 5.82 Å². The third kappa shape index (κ3) is 3.36. The van der Waals surface area contributed by atoms with Crippen LogP contribution in [0, 0.1) is 0 Å². The molecule has 2 aliphatic heterocycles. The van der Waals surface area contributed by atoms with Gasteiger partial charge in [0.15, 0.2) is 5.69 Å². The Hall–Kier alpha value is -2.44. The number of carbonyl (C=O) groups is 1. The molecule has 25 heavy (non-hydrogen) atoms. The molecule has 2 atom stereocenters. The van der Waals surface area contributed by atoms with Crippen molar-refractivity contribution in [2.75, 3.05) is 31.1 Å². The van der Waals surface area contributed by atoms with Crippen LogP contribution in [-0.2, 0) is 11.3 Å². The first kappa shape index (κ1) is 16.1. The molecule has 2 aliphatic rings. The summed E-state index contributed by atoms with van der Waals surface area (Å²) >= 11 is 0. The largest absolute Gasteiger partial charge is 0.477 e. The van der Waals surface area contributed by atoms with Crippen LogP contribution in [-0.4, -0.2) is 59.3 Å². The number of morpholine rings is 1. The molecule has 2 aromatic rings. The SMILES string of the molecule is O=C(O)c1cccc(N2C[C@@H]3OCCN(Cc4ccccc4)[C@@H]3C2)n1. The highest BCUT2D eigenvalue weighted by Gasteiger charge is 2.40. The van der Waals surface area contributed by atoms with Crippen molar-refractivity contribution in [2.24, 2.45) is 0 Å². The van der Waals surface area contributed by atoms with Crippen molar-refractivity contribution < 1.29 is 14.6 Å². The molecule has 130 valence electrons. The normalized spacial score (nSPS) is 23.4. The van der Waals surface area contributed by atoms with E-state index < -0.39 is 5.97 Å². The van der Waals surface area contributed by atoms with Gasteiger partial charge in [-0.15, -0.1) is 0 Å². The van der Waals surface area contributed by atoms with Crippen molar-refractivity contribution in [3.05, 3.63) is 59.8 Å². The third-order valence-corrected chi connectivity index (χ3v) is 4.92. The highest BCUT2D eigenvalue weighted by Crippen LogP contribution is 2.27. The number of carboxylic acid groups (broad SMARTS) is 1. The van der Waals surface area contributed by atoms with Crippen molar-refractivity contribution >= 4 is 11.8 Å². The number of fused-ring (bicyclic) bond motifs is 1. The summed E-state index contributed by atoms with van der Waals surface area (Å²) in [6.07, 6.45) is 0.132. The summed E-state index contributed by atoms with van der Waals surface area (Å²) in [6, 6.07) is 15.9. The molecule has 0 aliphatic carbocycles. The minimum absolute atomic E-state index is 0.0782. The number of hydrogen-bond donors (Lipinski definition) is 1. The third-order valence-electron chi connectivity index (χ3n) is 4.92. The molecular weight excluding hydrogens is 318 g/mol. The summed E-state index contributed by atoms with van der Waals surface area (Å²) in [5.74, 6) is -0.294. The van der Waals surface area contributed by atoms with E-state index in [1.54, 1.807) is 6.07 Å².